The molecule has 0 spiro atoms. The molecule has 1 aromatic rings. The molecule has 0 radical (unpaired) electrons. The van der Waals surface area contributed by atoms with Gasteiger partial charge in [-0.05, 0) is 38.0 Å². The Balaban J connectivity index is 2.92. The van der Waals surface area contributed by atoms with E-state index < -0.39 is 18.8 Å². The second-order valence-electron chi connectivity index (χ2n) is 4.85. The molecule has 0 unspecified atom stereocenters. The summed E-state index contributed by atoms with van der Waals surface area (Å²) in [5, 5.41) is 9.66. The van der Waals surface area contributed by atoms with Crippen LogP contribution in [-0.4, -0.2) is 23.9 Å². The topological polar surface area (TPSA) is 23.5 Å². The number of alkyl halides is 3. The largest absolute Gasteiger partial charge is 0.405 e. The minimum absolute atomic E-state index is 0.247. The van der Waals surface area contributed by atoms with E-state index in [9.17, 15) is 18.3 Å². The van der Waals surface area contributed by atoms with Crippen molar-refractivity contribution in [3.63, 3.8) is 0 Å². The van der Waals surface area contributed by atoms with Crippen molar-refractivity contribution in [1.82, 2.24) is 0 Å². The van der Waals surface area contributed by atoms with E-state index in [1.54, 1.807) is 38.1 Å². The molecule has 0 fully saturated rings. The van der Waals surface area contributed by atoms with Crippen LogP contribution in [0.1, 0.15) is 38.9 Å². The van der Waals surface area contributed by atoms with Crippen LogP contribution >= 0.6 is 0 Å². The number of aliphatic hydroxyl groups is 1. The number of aliphatic hydroxyl groups excluding tert-OH is 1. The molecule has 108 valence electrons. The van der Waals surface area contributed by atoms with Gasteiger partial charge in [-0.3, -0.25) is 0 Å². The predicted molar refractivity (Wildman–Crippen MR) is 70.2 cm³/mol. The van der Waals surface area contributed by atoms with E-state index in [2.05, 4.69) is 0 Å². The van der Waals surface area contributed by atoms with Crippen LogP contribution in [0, 0.1) is 0 Å². The molecular weight excluding hydrogens is 255 g/mol. The summed E-state index contributed by atoms with van der Waals surface area (Å²) in [4.78, 5) is 1.29. The molecule has 2 nitrogen and oxygen atoms in total. The van der Waals surface area contributed by atoms with Gasteiger partial charge < -0.3 is 10.0 Å². The van der Waals surface area contributed by atoms with Crippen molar-refractivity contribution in [2.45, 2.75) is 45.5 Å². The van der Waals surface area contributed by atoms with E-state index >= 15 is 0 Å². The SMILES string of the molecule is CC[C@@H](O)c1ccc(N(CC(F)(F)F)C(C)C)cc1. The molecule has 1 rings (SSSR count). The van der Waals surface area contributed by atoms with Crippen molar-refractivity contribution in [2.24, 2.45) is 0 Å². The fourth-order valence-corrected chi connectivity index (χ4v) is 1.89. The Morgan fingerprint density at radius 2 is 1.68 bits per heavy atom. The second-order valence-corrected chi connectivity index (χ2v) is 4.85. The van der Waals surface area contributed by atoms with Crippen LogP contribution in [0.25, 0.3) is 0 Å². The molecule has 1 N–H and O–H groups in total. The van der Waals surface area contributed by atoms with E-state index in [1.807, 2.05) is 6.92 Å². The monoisotopic (exact) mass is 275 g/mol. The van der Waals surface area contributed by atoms with Crippen LogP contribution in [0.15, 0.2) is 24.3 Å². The number of hydrogen-bond acceptors (Lipinski definition) is 2. The Bertz CT molecular complexity index is 387. The average Bonchev–Trinajstić information content (AvgIpc) is 2.34. The van der Waals surface area contributed by atoms with Gasteiger partial charge in [-0.15, -0.1) is 0 Å². The molecule has 0 aliphatic carbocycles. The first-order valence-corrected chi connectivity index (χ1v) is 6.36. The maximum atomic E-state index is 12.5. The fraction of sp³-hybridized carbons (Fsp3) is 0.571. The van der Waals surface area contributed by atoms with Gasteiger partial charge in [0, 0.05) is 11.7 Å². The van der Waals surface area contributed by atoms with Gasteiger partial charge in [0.05, 0.1) is 6.10 Å². The standard InChI is InChI=1S/C14H20F3NO/c1-4-13(19)11-5-7-12(8-6-11)18(10(2)3)9-14(15,16)17/h5-8,10,13,19H,4,9H2,1-3H3/t13-/m1/s1. The Hall–Kier alpha value is -1.23. The number of halogens is 3. The van der Waals surface area contributed by atoms with E-state index in [1.165, 1.54) is 4.90 Å². The van der Waals surface area contributed by atoms with Gasteiger partial charge in [0.25, 0.3) is 0 Å². The maximum absolute atomic E-state index is 12.5. The van der Waals surface area contributed by atoms with Gasteiger partial charge >= 0.3 is 6.18 Å². The number of benzene rings is 1. The molecule has 0 aliphatic heterocycles. The summed E-state index contributed by atoms with van der Waals surface area (Å²) in [5.41, 5.74) is 1.24. The zero-order valence-corrected chi connectivity index (χ0v) is 11.4. The molecule has 1 atom stereocenters. The Morgan fingerprint density at radius 1 is 1.16 bits per heavy atom. The molecule has 0 aromatic heterocycles. The minimum atomic E-state index is -4.23. The lowest BCUT2D eigenvalue weighted by atomic mass is 10.1. The molecule has 0 saturated heterocycles. The highest BCUT2D eigenvalue weighted by molar-refractivity contribution is 5.48. The van der Waals surface area contributed by atoms with Crippen LogP contribution in [0.3, 0.4) is 0 Å². The molecule has 0 saturated carbocycles. The van der Waals surface area contributed by atoms with Crippen molar-refractivity contribution in [3.8, 4) is 0 Å². The smallest absolute Gasteiger partial charge is 0.388 e. The quantitative estimate of drug-likeness (QED) is 0.880. The van der Waals surface area contributed by atoms with Gasteiger partial charge in [-0.2, -0.15) is 13.2 Å². The third kappa shape index (κ3) is 4.74. The lowest BCUT2D eigenvalue weighted by molar-refractivity contribution is -0.120. The van der Waals surface area contributed by atoms with Crippen LogP contribution in [0.4, 0.5) is 18.9 Å². The molecule has 0 aliphatic rings. The Labute approximate surface area is 111 Å². The lowest BCUT2D eigenvalue weighted by Gasteiger charge is -2.30. The van der Waals surface area contributed by atoms with Gasteiger partial charge in [0.1, 0.15) is 6.54 Å². The first kappa shape index (κ1) is 15.8. The maximum Gasteiger partial charge on any atom is 0.405 e. The number of rotatable bonds is 5. The Morgan fingerprint density at radius 3 is 2.05 bits per heavy atom. The van der Waals surface area contributed by atoms with Crippen LogP contribution in [-0.2, 0) is 0 Å². The van der Waals surface area contributed by atoms with Gasteiger partial charge in [-0.25, -0.2) is 0 Å². The zero-order chi connectivity index (χ0) is 14.6. The molecule has 5 heteroatoms. The van der Waals surface area contributed by atoms with Gasteiger partial charge in [-0.1, -0.05) is 19.1 Å². The summed E-state index contributed by atoms with van der Waals surface area (Å²) in [6, 6.07) is 6.35. The van der Waals surface area contributed by atoms with Crippen molar-refractivity contribution in [3.05, 3.63) is 29.8 Å². The molecule has 1 aromatic carbocycles. The van der Waals surface area contributed by atoms with E-state index in [4.69, 9.17) is 0 Å². The van der Waals surface area contributed by atoms with Crippen molar-refractivity contribution >= 4 is 5.69 Å². The molecule has 0 bridgehead atoms. The highest BCUT2D eigenvalue weighted by Crippen LogP contribution is 2.26. The van der Waals surface area contributed by atoms with E-state index in [-0.39, 0.29) is 6.04 Å². The zero-order valence-electron chi connectivity index (χ0n) is 11.4. The summed E-state index contributed by atoms with van der Waals surface area (Å²) < 4.78 is 37.6. The fourth-order valence-electron chi connectivity index (χ4n) is 1.89. The Kier molecular flexibility index (Phi) is 5.23. The summed E-state index contributed by atoms with van der Waals surface area (Å²) in [6.07, 6.45) is -4.22. The summed E-state index contributed by atoms with van der Waals surface area (Å²) in [5.74, 6) is 0. The van der Waals surface area contributed by atoms with Gasteiger partial charge in [0.2, 0.25) is 0 Å². The number of hydrogen-bond donors (Lipinski definition) is 1. The van der Waals surface area contributed by atoms with Gasteiger partial charge in [0.15, 0.2) is 0 Å². The molecule has 0 amide bonds. The highest BCUT2D eigenvalue weighted by Gasteiger charge is 2.32. The predicted octanol–water partition coefficient (Wildman–Crippen LogP) is 3.91. The number of nitrogens with zero attached hydrogens (tertiary/aromatic N) is 1. The third-order valence-corrected chi connectivity index (χ3v) is 2.97. The summed E-state index contributed by atoms with van der Waals surface area (Å²) >= 11 is 0. The summed E-state index contributed by atoms with van der Waals surface area (Å²) in [7, 11) is 0. The van der Waals surface area contributed by atoms with Crippen molar-refractivity contribution < 1.29 is 18.3 Å². The minimum Gasteiger partial charge on any atom is -0.388 e. The van der Waals surface area contributed by atoms with Crippen molar-refractivity contribution in [1.29, 1.82) is 0 Å². The summed E-state index contributed by atoms with van der Waals surface area (Å²) in [6.45, 7) is 4.32. The van der Waals surface area contributed by atoms with Crippen LogP contribution < -0.4 is 4.90 Å². The second kappa shape index (κ2) is 6.28. The average molecular weight is 275 g/mol. The lowest BCUT2D eigenvalue weighted by Crippen LogP contribution is -2.39. The van der Waals surface area contributed by atoms with E-state index in [0.717, 1.165) is 5.56 Å². The van der Waals surface area contributed by atoms with Crippen LogP contribution in [0.5, 0.6) is 0 Å². The molecular formula is C14H20F3NO. The van der Waals surface area contributed by atoms with Crippen molar-refractivity contribution in [2.75, 3.05) is 11.4 Å². The molecule has 19 heavy (non-hydrogen) atoms. The third-order valence-electron chi connectivity index (χ3n) is 2.97. The highest BCUT2D eigenvalue weighted by atomic mass is 19.4. The van der Waals surface area contributed by atoms with Crippen LogP contribution in [0.2, 0.25) is 0 Å². The number of anilines is 1. The first-order valence-electron chi connectivity index (χ1n) is 6.36. The van der Waals surface area contributed by atoms with E-state index in [0.29, 0.717) is 12.1 Å². The first-order chi connectivity index (χ1) is 8.74. The molecule has 0 heterocycles. The normalized spacial score (nSPS) is 13.7.